The van der Waals surface area contributed by atoms with Gasteiger partial charge in [-0.25, -0.2) is 14.4 Å². The van der Waals surface area contributed by atoms with Crippen molar-refractivity contribution in [1.29, 1.82) is 0 Å². The third-order valence-electron chi connectivity index (χ3n) is 3.58. The Morgan fingerprint density at radius 2 is 1.65 bits per heavy atom. The molecule has 1 heterocycles. The average molecular weight is 310 g/mol. The van der Waals surface area contributed by atoms with Crippen molar-refractivity contribution in [3.05, 3.63) is 58.7 Å². The van der Waals surface area contributed by atoms with Gasteiger partial charge in [-0.2, -0.15) is 0 Å². The molecule has 0 aromatic heterocycles. The maximum absolute atomic E-state index is 11.6. The highest BCUT2D eigenvalue weighted by atomic mass is 16.6. The summed E-state index contributed by atoms with van der Waals surface area (Å²) in [6, 6.07) is 9.72. The molecule has 1 aliphatic heterocycles. The van der Waals surface area contributed by atoms with E-state index in [1.165, 1.54) is 12.1 Å². The quantitative estimate of drug-likeness (QED) is 0.491. The van der Waals surface area contributed by atoms with Crippen molar-refractivity contribution in [3.8, 4) is 11.1 Å². The van der Waals surface area contributed by atoms with Crippen LogP contribution in [0.4, 0.5) is 0 Å². The Kier molecular flexibility index (Phi) is 3.50. The van der Waals surface area contributed by atoms with Gasteiger partial charge in [0, 0.05) is 0 Å². The molecule has 0 bridgehead atoms. The summed E-state index contributed by atoms with van der Waals surface area (Å²) in [5, 5.41) is 0. The van der Waals surface area contributed by atoms with E-state index in [1.807, 2.05) is 0 Å². The summed E-state index contributed by atoms with van der Waals surface area (Å²) in [4.78, 5) is 44.9. The summed E-state index contributed by atoms with van der Waals surface area (Å²) in [7, 11) is 0. The monoisotopic (exact) mass is 310 g/mol. The second kappa shape index (κ2) is 5.49. The number of ether oxygens (including phenoxy) is 2. The lowest BCUT2D eigenvalue weighted by atomic mass is 9.97. The van der Waals surface area contributed by atoms with Crippen molar-refractivity contribution < 1.29 is 28.7 Å². The van der Waals surface area contributed by atoms with E-state index in [4.69, 9.17) is 0 Å². The fraction of sp³-hybridized carbons (Fsp3) is 0.0588. The van der Waals surface area contributed by atoms with Crippen LogP contribution in [-0.4, -0.2) is 24.4 Å². The molecule has 6 nitrogen and oxygen atoms in total. The Morgan fingerprint density at radius 1 is 1.00 bits per heavy atom. The summed E-state index contributed by atoms with van der Waals surface area (Å²) in [5.74, 6) is -2.05. The number of esters is 3. The number of aryl methyl sites for hydroxylation is 1. The zero-order valence-corrected chi connectivity index (χ0v) is 12.0. The zero-order valence-electron chi connectivity index (χ0n) is 12.0. The lowest BCUT2D eigenvalue weighted by Gasteiger charge is -2.07. The van der Waals surface area contributed by atoms with Gasteiger partial charge >= 0.3 is 24.4 Å². The molecule has 1 aliphatic rings. The SMILES string of the molecule is Cc1cc(-c2ccc3c(c2)C(=O)OC3=O)ccc1C(=O)OC=O. The van der Waals surface area contributed by atoms with Gasteiger partial charge < -0.3 is 9.47 Å². The van der Waals surface area contributed by atoms with E-state index in [1.54, 1.807) is 31.2 Å². The van der Waals surface area contributed by atoms with E-state index in [0.717, 1.165) is 5.56 Å². The normalized spacial score (nSPS) is 12.6. The average Bonchev–Trinajstić information content (AvgIpc) is 2.81. The number of carbonyl (C=O) groups excluding carboxylic acids is 4. The second-order valence-corrected chi connectivity index (χ2v) is 4.97. The van der Waals surface area contributed by atoms with Crippen LogP contribution in [0.1, 0.15) is 36.6 Å². The lowest BCUT2D eigenvalue weighted by molar-refractivity contribution is -0.123. The highest BCUT2D eigenvalue weighted by Crippen LogP contribution is 2.28. The van der Waals surface area contributed by atoms with Crippen LogP contribution in [0.25, 0.3) is 11.1 Å². The molecule has 0 fully saturated rings. The summed E-state index contributed by atoms with van der Waals surface area (Å²) in [6.07, 6.45) is 0. The fourth-order valence-electron chi connectivity index (χ4n) is 2.44. The number of rotatable bonds is 3. The van der Waals surface area contributed by atoms with Gasteiger partial charge in [0.05, 0.1) is 16.7 Å². The highest BCUT2D eigenvalue weighted by molar-refractivity contribution is 6.15. The first-order valence-corrected chi connectivity index (χ1v) is 6.67. The summed E-state index contributed by atoms with van der Waals surface area (Å²) >= 11 is 0. The highest BCUT2D eigenvalue weighted by Gasteiger charge is 2.29. The number of fused-ring (bicyclic) bond motifs is 1. The van der Waals surface area contributed by atoms with Crippen molar-refractivity contribution in [1.82, 2.24) is 0 Å². The second-order valence-electron chi connectivity index (χ2n) is 4.97. The van der Waals surface area contributed by atoms with Crippen molar-refractivity contribution in [3.63, 3.8) is 0 Å². The molecule has 6 heteroatoms. The van der Waals surface area contributed by atoms with Crippen LogP contribution >= 0.6 is 0 Å². The third-order valence-corrected chi connectivity index (χ3v) is 3.58. The van der Waals surface area contributed by atoms with Crippen LogP contribution in [0.15, 0.2) is 36.4 Å². The minimum atomic E-state index is -0.729. The predicted molar refractivity (Wildman–Crippen MR) is 77.8 cm³/mol. The summed E-state index contributed by atoms with van der Waals surface area (Å²) in [5.41, 5.74) is 2.80. The van der Waals surface area contributed by atoms with Crippen molar-refractivity contribution in [2.45, 2.75) is 6.92 Å². The minimum absolute atomic E-state index is 0.0821. The molecule has 0 radical (unpaired) electrons. The predicted octanol–water partition coefficient (Wildman–Crippen LogP) is 2.29. The van der Waals surface area contributed by atoms with Crippen LogP contribution in [0.2, 0.25) is 0 Å². The fourth-order valence-corrected chi connectivity index (χ4v) is 2.44. The van der Waals surface area contributed by atoms with Crippen LogP contribution in [-0.2, 0) is 14.3 Å². The summed E-state index contributed by atoms with van der Waals surface area (Å²) in [6.45, 7) is 1.79. The Labute approximate surface area is 130 Å². The van der Waals surface area contributed by atoms with Gasteiger partial charge in [0.2, 0.25) is 0 Å². The number of hydrogen-bond donors (Lipinski definition) is 0. The lowest BCUT2D eigenvalue weighted by Crippen LogP contribution is -2.05. The van der Waals surface area contributed by atoms with Gasteiger partial charge in [0.15, 0.2) is 0 Å². The third kappa shape index (κ3) is 2.50. The first-order valence-electron chi connectivity index (χ1n) is 6.67. The molecule has 0 saturated carbocycles. The van der Waals surface area contributed by atoms with Crippen molar-refractivity contribution in [2.24, 2.45) is 0 Å². The molecule has 0 spiro atoms. The number of benzene rings is 2. The molecule has 114 valence electrons. The van der Waals surface area contributed by atoms with Gasteiger partial charge in [0.25, 0.3) is 0 Å². The largest absolute Gasteiger partial charge is 0.392 e. The molecule has 0 aliphatic carbocycles. The van der Waals surface area contributed by atoms with Crippen molar-refractivity contribution in [2.75, 3.05) is 0 Å². The Morgan fingerprint density at radius 3 is 2.35 bits per heavy atom. The first kappa shape index (κ1) is 14.6. The van der Waals surface area contributed by atoms with Gasteiger partial charge in [0.1, 0.15) is 0 Å². The molecule has 0 saturated heterocycles. The maximum atomic E-state index is 11.6. The summed E-state index contributed by atoms with van der Waals surface area (Å²) < 4.78 is 8.87. The maximum Gasteiger partial charge on any atom is 0.346 e. The van der Waals surface area contributed by atoms with Gasteiger partial charge in [-0.05, 0) is 41.8 Å². The van der Waals surface area contributed by atoms with Gasteiger partial charge in [-0.15, -0.1) is 0 Å². The van der Waals surface area contributed by atoms with E-state index >= 15 is 0 Å². The van der Waals surface area contributed by atoms with Crippen LogP contribution in [0.5, 0.6) is 0 Å². The minimum Gasteiger partial charge on any atom is -0.392 e. The standard InChI is InChI=1S/C17H10O6/c1-9-6-10(2-4-12(9)15(19)22-8-18)11-3-5-13-14(7-11)17(21)23-16(13)20/h2-8H,1H3. The Bertz CT molecular complexity index is 865. The molecular formula is C17H10O6. The van der Waals surface area contributed by atoms with E-state index in [2.05, 4.69) is 9.47 Å². The van der Waals surface area contributed by atoms with Crippen molar-refractivity contribution >= 4 is 24.4 Å². The first-order chi connectivity index (χ1) is 11.0. The molecule has 3 rings (SSSR count). The molecule has 2 aromatic carbocycles. The van der Waals surface area contributed by atoms with E-state index < -0.39 is 17.9 Å². The van der Waals surface area contributed by atoms with Crippen LogP contribution in [0, 0.1) is 6.92 Å². The van der Waals surface area contributed by atoms with Gasteiger partial charge in [-0.1, -0.05) is 18.2 Å². The van der Waals surface area contributed by atoms with Crippen LogP contribution < -0.4 is 0 Å². The van der Waals surface area contributed by atoms with Gasteiger partial charge in [-0.3, -0.25) is 4.79 Å². The zero-order chi connectivity index (χ0) is 16.6. The van der Waals surface area contributed by atoms with E-state index in [0.29, 0.717) is 11.1 Å². The number of carbonyl (C=O) groups is 4. The molecule has 0 unspecified atom stereocenters. The molecule has 0 N–H and O–H groups in total. The number of cyclic esters (lactones) is 2. The van der Waals surface area contributed by atoms with E-state index in [9.17, 15) is 19.2 Å². The molecular weight excluding hydrogens is 300 g/mol. The molecule has 23 heavy (non-hydrogen) atoms. The number of hydrogen-bond acceptors (Lipinski definition) is 6. The van der Waals surface area contributed by atoms with E-state index in [-0.39, 0.29) is 23.2 Å². The molecule has 0 atom stereocenters. The topological polar surface area (TPSA) is 86.7 Å². The Hall–Kier alpha value is -3.28. The molecule has 2 aromatic rings. The smallest absolute Gasteiger partial charge is 0.346 e. The molecule has 0 amide bonds. The van der Waals surface area contributed by atoms with Crippen LogP contribution in [0.3, 0.4) is 0 Å². The Balaban J connectivity index is 2.00.